The van der Waals surface area contributed by atoms with E-state index in [1.807, 2.05) is 27.7 Å². The van der Waals surface area contributed by atoms with Crippen molar-refractivity contribution in [1.29, 1.82) is 0 Å². The van der Waals surface area contributed by atoms with Gasteiger partial charge < -0.3 is 0 Å². The van der Waals surface area contributed by atoms with Gasteiger partial charge in [0.2, 0.25) is 5.78 Å². The van der Waals surface area contributed by atoms with Crippen LogP contribution in [0.15, 0.2) is 0 Å². The van der Waals surface area contributed by atoms with E-state index < -0.39 is 13.8 Å². The Kier molecular flexibility index (Phi) is 4.32. The molecular weight excluding hydrogens is 173 g/mol. The van der Waals surface area contributed by atoms with Gasteiger partial charge in [0.25, 0.3) is 0 Å². The van der Waals surface area contributed by atoms with Crippen LogP contribution in [-0.4, -0.2) is 11.4 Å². The van der Waals surface area contributed by atoms with E-state index in [0.717, 1.165) is 0 Å². The van der Waals surface area contributed by atoms with E-state index in [1.165, 1.54) is 0 Å². The summed E-state index contributed by atoms with van der Waals surface area (Å²) in [6.45, 7) is 9.60. The fourth-order valence-electron chi connectivity index (χ4n) is 0.420. The molecule has 0 amide bonds. The summed E-state index contributed by atoms with van der Waals surface area (Å²) in [6, 6.07) is 0. The zero-order valence-corrected chi connectivity index (χ0v) is 9.39. The van der Waals surface area contributed by atoms with Gasteiger partial charge in [0.1, 0.15) is 5.60 Å². The summed E-state index contributed by atoms with van der Waals surface area (Å²) < 4.78 is 16.6. The Morgan fingerprint density at radius 2 is 1.75 bits per heavy atom. The van der Waals surface area contributed by atoms with E-state index >= 15 is 0 Å². The molecular formula is C8H19NO2P+. The van der Waals surface area contributed by atoms with Crippen molar-refractivity contribution in [3.05, 3.63) is 0 Å². The van der Waals surface area contributed by atoms with Crippen molar-refractivity contribution in [3.63, 3.8) is 0 Å². The second-order valence-corrected chi connectivity index (χ2v) is 5.44. The second-order valence-electron chi connectivity index (χ2n) is 3.88. The highest BCUT2D eigenvalue weighted by molar-refractivity contribution is 7.39. The molecule has 0 heterocycles. The first-order chi connectivity index (χ1) is 5.27. The molecule has 0 aliphatic rings. The van der Waals surface area contributed by atoms with Gasteiger partial charge in [0.05, 0.1) is 0 Å². The molecule has 72 valence electrons. The molecule has 0 fully saturated rings. The molecule has 0 rings (SSSR count). The molecule has 0 aromatic rings. The maximum Gasteiger partial charge on any atom is 0.527 e. The van der Waals surface area contributed by atoms with Crippen LogP contribution in [0.5, 0.6) is 0 Å². The van der Waals surface area contributed by atoms with E-state index in [9.17, 15) is 4.57 Å². The predicted molar refractivity (Wildman–Crippen MR) is 51.3 cm³/mol. The van der Waals surface area contributed by atoms with Crippen LogP contribution in [-0.2, 0) is 9.09 Å². The Bertz CT molecular complexity index is 166. The largest absolute Gasteiger partial charge is 0.527 e. The Labute approximate surface area is 75.5 Å². The minimum absolute atomic E-state index is 0.329. The molecule has 2 N–H and O–H groups in total. The maximum absolute atomic E-state index is 11.3. The molecule has 0 bridgehead atoms. The lowest BCUT2D eigenvalue weighted by atomic mass is 9.95. The summed E-state index contributed by atoms with van der Waals surface area (Å²) in [6.07, 6.45) is 0. The molecule has 0 spiro atoms. The fraction of sp³-hybridized carbons (Fsp3) is 1.00. The smallest absolute Gasteiger partial charge is 0.285 e. The van der Waals surface area contributed by atoms with Crippen molar-refractivity contribution >= 4 is 8.03 Å². The molecule has 12 heavy (non-hydrogen) atoms. The number of hydrogen-bond acceptors (Lipinski definition) is 3. The SMILES string of the molecule is CC(N)[P+](=O)OC(C)(C)C(C)C. The summed E-state index contributed by atoms with van der Waals surface area (Å²) in [4.78, 5) is 0. The summed E-state index contributed by atoms with van der Waals surface area (Å²) in [5, 5.41) is 0. The molecule has 0 saturated carbocycles. The molecule has 0 saturated heterocycles. The lowest BCUT2D eigenvalue weighted by Gasteiger charge is -2.22. The molecule has 2 atom stereocenters. The zero-order chi connectivity index (χ0) is 9.94. The van der Waals surface area contributed by atoms with Gasteiger partial charge in [-0.1, -0.05) is 13.8 Å². The van der Waals surface area contributed by atoms with Crippen molar-refractivity contribution in [2.45, 2.75) is 46.0 Å². The van der Waals surface area contributed by atoms with E-state index in [0.29, 0.717) is 5.92 Å². The van der Waals surface area contributed by atoms with Crippen LogP contribution in [0, 0.1) is 5.92 Å². The minimum Gasteiger partial charge on any atom is -0.285 e. The van der Waals surface area contributed by atoms with Crippen LogP contribution < -0.4 is 5.73 Å². The standard InChI is InChI=1S/C8H19NO2P/c1-6(2)8(4,5)11-12(10)7(3)9/h6-7H,9H2,1-5H3/q+1. The zero-order valence-electron chi connectivity index (χ0n) is 8.50. The number of hydrogen-bond donors (Lipinski definition) is 1. The first kappa shape index (κ1) is 12.0. The summed E-state index contributed by atoms with van der Waals surface area (Å²) in [7, 11) is -1.73. The van der Waals surface area contributed by atoms with E-state index in [2.05, 4.69) is 0 Å². The van der Waals surface area contributed by atoms with E-state index in [1.54, 1.807) is 6.92 Å². The molecule has 0 aromatic heterocycles. The van der Waals surface area contributed by atoms with Gasteiger partial charge in [-0.2, -0.15) is 0 Å². The van der Waals surface area contributed by atoms with Crippen molar-refractivity contribution in [2.24, 2.45) is 11.7 Å². The monoisotopic (exact) mass is 192 g/mol. The average Bonchev–Trinajstić information content (AvgIpc) is 1.85. The summed E-state index contributed by atoms with van der Waals surface area (Å²) in [5.41, 5.74) is 5.07. The third-order valence-electron chi connectivity index (χ3n) is 2.05. The van der Waals surface area contributed by atoms with Crippen LogP contribution in [0.4, 0.5) is 0 Å². The molecule has 0 aromatic carbocycles. The highest BCUT2D eigenvalue weighted by atomic mass is 31.1. The van der Waals surface area contributed by atoms with Crippen LogP contribution in [0.25, 0.3) is 0 Å². The van der Waals surface area contributed by atoms with Gasteiger partial charge >= 0.3 is 8.03 Å². The van der Waals surface area contributed by atoms with E-state index in [-0.39, 0.29) is 5.60 Å². The van der Waals surface area contributed by atoms with Crippen molar-refractivity contribution in [2.75, 3.05) is 0 Å². The van der Waals surface area contributed by atoms with Gasteiger partial charge in [-0.05, 0) is 31.3 Å². The number of nitrogens with two attached hydrogens (primary N) is 1. The van der Waals surface area contributed by atoms with Crippen LogP contribution >= 0.6 is 8.03 Å². The maximum atomic E-state index is 11.3. The summed E-state index contributed by atoms with van der Waals surface area (Å²) in [5.74, 6) is -0.0618. The Morgan fingerprint density at radius 1 is 1.33 bits per heavy atom. The normalized spacial score (nSPS) is 16.4. The highest BCUT2D eigenvalue weighted by Gasteiger charge is 2.36. The topological polar surface area (TPSA) is 52.3 Å². The highest BCUT2D eigenvalue weighted by Crippen LogP contribution is 2.35. The van der Waals surface area contributed by atoms with Gasteiger partial charge in [0.15, 0.2) is 0 Å². The van der Waals surface area contributed by atoms with Gasteiger partial charge in [-0.15, -0.1) is 4.52 Å². The quantitative estimate of drug-likeness (QED) is 0.696. The first-order valence-electron chi connectivity index (χ1n) is 4.18. The van der Waals surface area contributed by atoms with Gasteiger partial charge in [0, 0.05) is 0 Å². The second kappa shape index (κ2) is 4.31. The van der Waals surface area contributed by atoms with Crippen molar-refractivity contribution < 1.29 is 9.09 Å². The minimum atomic E-state index is -1.73. The average molecular weight is 192 g/mol. The lowest BCUT2D eigenvalue weighted by Crippen LogP contribution is -2.30. The molecule has 0 aliphatic heterocycles. The third kappa shape index (κ3) is 3.61. The molecule has 0 aliphatic carbocycles. The number of rotatable bonds is 4. The van der Waals surface area contributed by atoms with Crippen LogP contribution in [0.3, 0.4) is 0 Å². The van der Waals surface area contributed by atoms with E-state index in [4.69, 9.17) is 10.3 Å². The van der Waals surface area contributed by atoms with Gasteiger partial charge in [-0.3, -0.25) is 5.73 Å². The summed E-state index contributed by atoms with van der Waals surface area (Å²) >= 11 is 0. The van der Waals surface area contributed by atoms with Crippen LogP contribution in [0.2, 0.25) is 0 Å². The fourth-order valence-corrected chi connectivity index (χ4v) is 1.26. The Hall–Kier alpha value is 0.0200. The molecule has 0 radical (unpaired) electrons. The van der Waals surface area contributed by atoms with Crippen LogP contribution in [0.1, 0.15) is 34.6 Å². The van der Waals surface area contributed by atoms with Gasteiger partial charge in [-0.25, -0.2) is 0 Å². The predicted octanol–water partition coefficient (Wildman–Crippen LogP) is 2.48. The Morgan fingerprint density at radius 3 is 2.00 bits per heavy atom. The first-order valence-corrected chi connectivity index (χ1v) is 5.43. The van der Waals surface area contributed by atoms with Crippen molar-refractivity contribution in [3.8, 4) is 0 Å². The third-order valence-corrected chi connectivity index (χ3v) is 3.36. The molecule has 4 heteroatoms. The Balaban J connectivity index is 4.15. The lowest BCUT2D eigenvalue weighted by molar-refractivity contribution is 0.0682. The molecule has 2 unspecified atom stereocenters. The molecule has 3 nitrogen and oxygen atoms in total. The van der Waals surface area contributed by atoms with Crippen molar-refractivity contribution in [1.82, 2.24) is 0 Å².